The molecule has 18 heavy (non-hydrogen) atoms. The molecule has 0 fully saturated rings. The molecule has 1 amide bonds. The highest BCUT2D eigenvalue weighted by Crippen LogP contribution is 2.25. The summed E-state index contributed by atoms with van der Waals surface area (Å²) in [6.07, 6.45) is 0. The van der Waals surface area contributed by atoms with Crippen LogP contribution >= 0.6 is 11.3 Å². The topological polar surface area (TPSA) is 82.5 Å². The molecule has 0 radical (unpaired) electrons. The first-order valence-corrected chi connectivity index (χ1v) is 6.04. The quantitative estimate of drug-likeness (QED) is 0.745. The average molecular weight is 260 g/mol. The third-order valence-electron chi connectivity index (χ3n) is 2.71. The third kappa shape index (κ3) is 1.50. The van der Waals surface area contributed by atoms with E-state index in [4.69, 9.17) is 0 Å². The standard InChI is InChI=1S/C12H8N2O3S/c1-5-2-3-7-6(4-5)8(10(15)13-7)9-11(16)14-12(17)18-9/h2-4,16H,1H3,(H,14,17). The van der Waals surface area contributed by atoms with Crippen LogP contribution in [-0.2, 0) is 4.79 Å². The van der Waals surface area contributed by atoms with Gasteiger partial charge in [0.2, 0.25) is 5.88 Å². The number of hydrogen-bond acceptors (Lipinski definition) is 4. The van der Waals surface area contributed by atoms with Gasteiger partial charge in [0.05, 0.1) is 10.9 Å². The van der Waals surface area contributed by atoms with Gasteiger partial charge in [-0.1, -0.05) is 23.0 Å². The number of amides is 1. The van der Waals surface area contributed by atoms with Crippen LogP contribution in [0.2, 0.25) is 0 Å². The van der Waals surface area contributed by atoms with Gasteiger partial charge in [0.15, 0.2) is 0 Å². The van der Waals surface area contributed by atoms with E-state index in [1.165, 1.54) is 0 Å². The number of aromatic nitrogens is 1. The number of rotatable bonds is 1. The van der Waals surface area contributed by atoms with Gasteiger partial charge in [-0.15, -0.1) is 0 Å². The molecule has 1 aromatic carbocycles. The summed E-state index contributed by atoms with van der Waals surface area (Å²) in [5, 5.41) is 10.9. The lowest BCUT2D eigenvalue weighted by Crippen LogP contribution is -2.23. The molecular formula is C12H8N2O3S. The summed E-state index contributed by atoms with van der Waals surface area (Å²) in [7, 11) is 0. The molecule has 5 nitrogen and oxygen atoms in total. The fraction of sp³-hybridized carbons (Fsp3) is 0.0833. The fourth-order valence-corrected chi connectivity index (χ4v) is 2.72. The molecule has 1 aliphatic rings. The summed E-state index contributed by atoms with van der Waals surface area (Å²) >= 11 is 0.806. The Hall–Kier alpha value is -2.21. The number of carbonyl (C=O) groups is 1. The Morgan fingerprint density at radius 1 is 1.33 bits per heavy atom. The number of H-pyrrole nitrogens is 1. The molecule has 0 bridgehead atoms. The van der Waals surface area contributed by atoms with Crippen LogP contribution in [0, 0.1) is 6.92 Å². The zero-order valence-electron chi connectivity index (χ0n) is 9.35. The van der Waals surface area contributed by atoms with Crippen LogP contribution in [0.1, 0.15) is 10.4 Å². The molecule has 0 unspecified atom stereocenters. The van der Waals surface area contributed by atoms with Crippen molar-refractivity contribution >= 4 is 22.8 Å². The molecule has 0 saturated carbocycles. The number of carbonyl (C=O) groups excluding carboxylic acids is 1. The number of nitrogens with one attached hydrogen (secondary N) is 1. The smallest absolute Gasteiger partial charge is 0.307 e. The maximum Gasteiger partial charge on any atom is 0.307 e. The van der Waals surface area contributed by atoms with Gasteiger partial charge >= 0.3 is 4.87 Å². The molecule has 0 spiro atoms. The Morgan fingerprint density at radius 3 is 2.78 bits per heavy atom. The molecule has 1 aliphatic heterocycles. The van der Waals surface area contributed by atoms with Gasteiger partial charge < -0.3 is 5.11 Å². The van der Waals surface area contributed by atoms with Crippen LogP contribution in [0.25, 0.3) is 5.57 Å². The molecule has 90 valence electrons. The van der Waals surface area contributed by atoms with E-state index < -0.39 is 10.8 Å². The number of fused-ring (bicyclic) bond motifs is 1. The van der Waals surface area contributed by atoms with Crippen molar-refractivity contribution in [2.24, 2.45) is 4.99 Å². The molecule has 3 rings (SSSR count). The second-order valence-corrected chi connectivity index (χ2v) is 4.99. The van der Waals surface area contributed by atoms with Crippen LogP contribution < -0.4 is 15.4 Å². The molecule has 0 saturated heterocycles. The maximum atomic E-state index is 11.9. The predicted octanol–water partition coefficient (Wildman–Crippen LogP) is -0.191. The van der Waals surface area contributed by atoms with Gasteiger partial charge in [0, 0.05) is 5.22 Å². The van der Waals surface area contributed by atoms with E-state index in [0.717, 1.165) is 16.9 Å². The first-order valence-electron chi connectivity index (χ1n) is 5.23. The van der Waals surface area contributed by atoms with Gasteiger partial charge in [0.1, 0.15) is 4.88 Å². The molecule has 2 aromatic rings. The molecule has 6 heteroatoms. The van der Waals surface area contributed by atoms with E-state index in [1.54, 1.807) is 6.07 Å². The first-order chi connectivity index (χ1) is 8.56. The summed E-state index contributed by atoms with van der Waals surface area (Å²) in [5.74, 6) is -0.709. The Kier molecular flexibility index (Phi) is 2.21. The summed E-state index contributed by atoms with van der Waals surface area (Å²) in [4.78, 5) is 29.1. The number of aromatic amines is 1. The third-order valence-corrected chi connectivity index (χ3v) is 3.60. The number of thiazole rings is 1. The van der Waals surface area contributed by atoms with E-state index >= 15 is 0 Å². The van der Waals surface area contributed by atoms with Crippen molar-refractivity contribution < 1.29 is 9.90 Å². The van der Waals surface area contributed by atoms with Crippen LogP contribution in [-0.4, -0.2) is 16.0 Å². The minimum Gasteiger partial charge on any atom is -0.493 e. The summed E-state index contributed by atoms with van der Waals surface area (Å²) in [6.45, 7) is 1.90. The first kappa shape index (κ1) is 10.9. The van der Waals surface area contributed by atoms with Gasteiger partial charge in [-0.3, -0.25) is 14.6 Å². The number of hydrogen-bond donors (Lipinski definition) is 2. The molecular weight excluding hydrogens is 252 g/mol. The van der Waals surface area contributed by atoms with Crippen molar-refractivity contribution in [2.45, 2.75) is 6.92 Å². The average Bonchev–Trinajstić information content (AvgIpc) is 2.77. The molecule has 2 N–H and O–H groups in total. The van der Waals surface area contributed by atoms with E-state index in [1.807, 2.05) is 19.1 Å². The van der Waals surface area contributed by atoms with E-state index in [-0.39, 0.29) is 16.3 Å². The maximum absolute atomic E-state index is 11.9. The minimum absolute atomic E-state index is 0.248. The zero-order valence-corrected chi connectivity index (χ0v) is 10.2. The number of aromatic hydroxyl groups is 1. The lowest BCUT2D eigenvalue weighted by atomic mass is 10.1. The van der Waals surface area contributed by atoms with Crippen molar-refractivity contribution in [2.75, 3.05) is 0 Å². The molecule has 0 aliphatic carbocycles. The Labute approximate surface area is 105 Å². The lowest BCUT2D eigenvalue weighted by Gasteiger charge is -1.96. The molecule has 1 aromatic heterocycles. The van der Waals surface area contributed by atoms with Crippen molar-refractivity contribution in [1.82, 2.24) is 4.98 Å². The highest BCUT2D eigenvalue weighted by molar-refractivity contribution is 7.11. The van der Waals surface area contributed by atoms with Crippen LogP contribution in [0.15, 0.2) is 28.0 Å². The normalized spacial score (nSPS) is 13.6. The highest BCUT2D eigenvalue weighted by Gasteiger charge is 2.23. The highest BCUT2D eigenvalue weighted by atomic mass is 32.1. The van der Waals surface area contributed by atoms with Gasteiger partial charge in [0.25, 0.3) is 5.91 Å². The number of nitrogens with zero attached hydrogens (tertiary/aromatic N) is 1. The van der Waals surface area contributed by atoms with Crippen LogP contribution in [0.5, 0.6) is 5.88 Å². The fourth-order valence-electron chi connectivity index (χ4n) is 1.94. The minimum atomic E-state index is -0.429. The zero-order chi connectivity index (χ0) is 12.9. The monoisotopic (exact) mass is 260 g/mol. The van der Waals surface area contributed by atoms with Crippen molar-refractivity contribution in [1.29, 1.82) is 0 Å². The summed E-state index contributed by atoms with van der Waals surface area (Å²) in [5.41, 5.74) is 1.27. The summed E-state index contributed by atoms with van der Waals surface area (Å²) < 4.78 is 0. The van der Waals surface area contributed by atoms with Crippen LogP contribution in [0.3, 0.4) is 0 Å². The molecule has 0 atom stereocenters. The van der Waals surface area contributed by atoms with Crippen LogP contribution in [0.4, 0.5) is 0 Å². The summed E-state index contributed by atoms with van der Waals surface area (Å²) in [6, 6.07) is 5.43. The molecule has 2 heterocycles. The van der Waals surface area contributed by atoms with Crippen molar-refractivity contribution in [3.63, 3.8) is 0 Å². The SMILES string of the molecule is Cc1ccc2c(c1)=C(c1sc(=O)[nH]c1O)C(=O)N=2. The number of aryl methyl sites for hydroxylation is 1. The Morgan fingerprint density at radius 2 is 2.11 bits per heavy atom. The Bertz CT molecular complexity index is 845. The van der Waals surface area contributed by atoms with Gasteiger partial charge in [-0.25, -0.2) is 4.99 Å². The van der Waals surface area contributed by atoms with E-state index in [9.17, 15) is 14.7 Å². The van der Waals surface area contributed by atoms with E-state index in [0.29, 0.717) is 10.6 Å². The van der Waals surface area contributed by atoms with Gasteiger partial charge in [-0.2, -0.15) is 0 Å². The van der Waals surface area contributed by atoms with Crippen molar-refractivity contribution in [3.05, 3.63) is 48.9 Å². The van der Waals surface area contributed by atoms with Crippen molar-refractivity contribution in [3.8, 4) is 5.88 Å². The van der Waals surface area contributed by atoms with Gasteiger partial charge in [-0.05, 0) is 19.1 Å². The lowest BCUT2D eigenvalue weighted by molar-refractivity contribution is -0.112. The van der Waals surface area contributed by atoms with E-state index in [2.05, 4.69) is 9.98 Å². The number of benzene rings is 1. The second-order valence-electron chi connectivity index (χ2n) is 4.00. The Balaban J connectivity index is 2.45. The second kappa shape index (κ2) is 3.64. The largest absolute Gasteiger partial charge is 0.493 e. The predicted molar refractivity (Wildman–Crippen MR) is 66.1 cm³/mol.